The van der Waals surface area contributed by atoms with Gasteiger partial charge in [-0.3, -0.25) is 13.9 Å². The van der Waals surface area contributed by atoms with E-state index in [0.29, 0.717) is 26.3 Å². The number of carbonyl (C=O) groups excluding carboxylic acids is 2. The highest BCUT2D eigenvalue weighted by Gasteiger charge is 2.33. The summed E-state index contributed by atoms with van der Waals surface area (Å²) in [5.74, 6) is -0.864. The van der Waals surface area contributed by atoms with Crippen LogP contribution in [0, 0.1) is 13.8 Å². The minimum Gasteiger partial charge on any atom is -0.352 e. The van der Waals surface area contributed by atoms with Crippen LogP contribution in [-0.4, -0.2) is 43.8 Å². The van der Waals surface area contributed by atoms with Crippen LogP contribution in [0.4, 0.5) is 5.69 Å². The van der Waals surface area contributed by atoms with Gasteiger partial charge in [-0.1, -0.05) is 66.2 Å². The Morgan fingerprint density at radius 2 is 1.53 bits per heavy atom. The molecule has 11 heteroatoms. The number of halogens is 3. The molecule has 7 nitrogen and oxygen atoms in total. The van der Waals surface area contributed by atoms with Crippen molar-refractivity contribution in [3.63, 3.8) is 0 Å². The number of nitrogens with one attached hydrogen (secondary N) is 1. The van der Waals surface area contributed by atoms with E-state index in [9.17, 15) is 18.0 Å². The van der Waals surface area contributed by atoms with Gasteiger partial charge in [0.2, 0.25) is 11.8 Å². The molecule has 1 fully saturated rings. The molecule has 0 unspecified atom stereocenters. The molecular weight excluding hydrogens is 629 g/mol. The van der Waals surface area contributed by atoms with Crippen LogP contribution in [0.2, 0.25) is 15.1 Å². The van der Waals surface area contributed by atoms with Gasteiger partial charge in [0.1, 0.15) is 12.6 Å². The Balaban J connectivity index is 1.71. The van der Waals surface area contributed by atoms with E-state index in [2.05, 4.69) is 5.32 Å². The average molecular weight is 665 g/mol. The molecule has 0 heterocycles. The van der Waals surface area contributed by atoms with Crippen molar-refractivity contribution >= 4 is 62.3 Å². The van der Waals surface area contributed by atoms with E-state index < -0.39 is 28.5 Å². The number of anilines is 1. The minimum atomic E-state index is -4.20. The fourth-order valence-corrected chi connectivity index (χ4v) is 7.13. The average Bonchev–Trinajstić information content (AvgIpc) is 2.97. The van der Waals surface area contributed by atoms with Gasteiger partial charge in [0.25, 0.3) is 10.0 Å². The lowest BCUT2D eigenvalue weighted by Crippen LogP contribution is -2.53. The Labute approximate surface area is 269 Å². The molecule has 0 aromatic heterocycles. The summed E-state index contributed by atoms with van der Waals surface area (Å²) in [7, 11) is -4.20. The normalized spacial score (nSPS) is 14.7. The first-order valence-corrected chi connectivity index (χ1v) is 16.8. The lowest BCUT2D eigenvalue weighted by molar-refractivity contribution is -0.139. The van der Waals surface area contributed by atoms with Gasteiger partial charge < -0.3 is 10.2 Å². The molecule has 2 amide bonds. The number of carbonyl (C=O) groups is 2. The molecule has 0 bridgehead atoms. The fourth-order valence-electron chi connectivity index (χ4n) is 5.13. The number of sulfonamides is 1. The first-order chi connectivity index (χ1) is 20.4. The van der Waals surface area contributed by atoms with Crippen molar-refractivity contribution in [2.75, 3.05) is 10.8 Å². The second kappa shape index (κ2) is 14.3. The van der Waals surface area contributed by atoms with Crippen molar-refractivity contribution in [3.8, 4) is 0 Å². The molecule has 3 aromatic rings. The lowest BCUT2D eigenvalue weighted by Gasteiger charge is -2.33. The summed E-state index contributed by atoms with van der Waals surface area (Å²) >= 11 is 18.6. The molecule has 0 spiro atoms. The maximum Gasteiger partial charge on any atom is 0.264 e. The monoisotopic (exact) mass is 663 g/mol. The minimum absolute atomic E-state index is 0.0155. The molecule has 1 atom stereocenters. The van der Waals surface area contributed by atoms with E-state index in [1.807, 2.05) is 19.9 Å². The molecule has 230 valence electrons. The number of benzene rings is 3. The molecule has 0 aliphatic heterocycles. The van der Waals surface area contributed by atoms with Crippen LogP contribution < -0.4 is 9.62 Å². The smallest absolute Gasteiger partial charge is 0.264 e. The van der Waals surface area contributed by atoms with Crippen LogP contribution in [0.3, 0.4) is 0 Å². The van der Waals surface area contributed by atoms with Crippen LogP contribution in [0.25, 0.3) is 0 Å². The predicted molar refractivity (Wildman–Crippen MR) is 173 cm³/mol. The van der Waals surface area contributed by atoms with E-state index in [1.165, 1.54) is 29.2 Å². The quantitative estimate of drug-likeness (QED) is 0.246. The van der Waals surface area contributed by atoms with E-state index in [4.69, 9.17) is 34.8 Å². The lowest BCUT2D eigenvalue weighted by atomic mass is 9.95. The van der Waals surface area contributed by atoms with E-state index >= 15 is 0 Å². The molecule has 1 saturated carbocycles. The van der Waals surface area contributed by atoms with Crippen LogP contribution >= 0.6 is 34.8 Å². The molecule has 1 aliphatic carbocycles. The Morgan fingerprint density at radius 1 is 0.884 bits per heavy atom. The number of hydrogen-bond donors (Lipinski definition) is 1. The third-order valence-electron chi connectivity index (χ3n) is 7.93. The van der Waals surface area contributed by atoms with Crippen LogP contribution in [0.1, 0.15) is 55.7 Å². The van der Waals surface area contributed by atoms with Crippen molar-refractivity contribution < 1.29 is 18.0 Å². The summed E-state index contributed by atoms with van der Waals surface area (Å²) in [5, 5.41) is 4.25. The molecule has 1 N–H and O–H groups in total. The maximum atomic E-state index is 14.2. The highest BCUT2D eigenvalue weighted by atomic mass is 35.5. The number of amides is 2. The molecule has 0 radical (unpaired) electrons. The van der Waals surface area contributed by atoms with E-state index in [1.54, 1.807) is 37.3 Å². The van der Waals surface area contributed by atoms with Crippen molar-refractivity contribution in [2.24, 2.45) is 0 Å². The van der Waals surface area contributed by atoms with Gasteiger partial charge in [-0.15, -0.1) is 0 Å². The SMILES string of the molecule is Cc1ccc(N(CC(=O)N(Cc2ccc(Cl)cc2Cl)[C@@H](C)C(=O)NC2CCCCC2)S(=O)(=O)c2ccc(Cl)cc2)cc1C. The first-order valence-electron chi connectivity index (χ1n) is 14.3. The van der Waals surface area contributed by atoms with E-state index in [-0.39, 0.29) is 23.4 Å². The fraction of sp³-hybridized carbons (Fsp3) is 0.375. The van der Waals surface area contributed by atoms with Crippen molar-refractivity contribution in [2.45, 2.75) is 76.4 Å². The zero-order valence-corrected chi connectivity index (χ0v) is 27.5. The molecule has 4 rings (SSSR count). The Hall–Kier alpha value is -2.78. The highest BCUT2D eigenvalue weighted by molar-refractivity contribution is 7.92. The zero-order chi connectivity index (χ0) is 31.3. The Morgan fingerprint density at radius 3 is 2.16 bits per heavy atom. The Kier molecular flexibility index (Phi) is 11.0. The van der Waals surface area contributed by atoms with Crippen LogP contribution in [0.5, 0.6) is 0 Å². The second-order valence-electron chi connectivity index (χ2n) is 11.0. The first kappa shape index (κ1) is 33.1. The predicted octanol–water partition coefficient (Wildman–Crippen LogP) is 7.33. The summed E-state index contributed by atoms with van der Waals surface area (Å²) in [5.41, 5.74) is 2.75. The Bertz CT molecular complexity index is 1580. The van der Waals surface area contributed by atoms with Gasteiger partial charge in [-0.25, -0.2) is 8.42 Å². The van der Waals surface area contributed by atoms with Gasteiger partial charge in [0, 0.05) is 27.7 Å². The molecule has 0 saturated heterocycles. The number of hydrogen-bond acceptors (Lipinski definition) is 4. The molecule has 1 aliphatic rings. The van der Waals surface area contributed by atoms with Crippen molar-refractivity contribution in [1.82, 2.24) is 10.2 Å². The van der Waals surface area contributed by atoms with Gasteiger partial charge in [-0.2, -0.15) is 0 Å². The number of aryl methyl sites for hydroxylation is 2. The summed E-state index contributed by atoms with van der Waals surface area (Å²) in [6, 6.07) is 15.1. The standard InChI is InChI=1S/C32H36Cl3N3O4S/c1-21-9-14-28(17-22(21)2)38(43(41,42)29-15-12-25(33)13-16-29)20-31(39)37(19-24-10-11-26(34)18-30(24)35)23(3)32(40)36-27-7-5-4-6-8-27/h9-18,23,27H,4-8,19-20H2,1-3H3,(H,36,40)/t23-/m0/s1. The maximum absolute atomic E-state index is 14.2. The van der Waals surface area contributed by atoms with Crippen molar-refractivity contribution in [3.05, 3.63) is 92.4 Å². The van der Waals surface area contributed by atoms with Gasteiger partial charge >= 0.3 is 0 Å². The molecular formula is C32H36Cl3N3O4S. The topological polar surface area (TPSA) is 86.8 Å². The van der Waals surface area contributed by atoms with Gasteiger partial charge in [0.15, 0.2) is 0 Å². The molecule has 3 aromatic carbocycles. The van der Waals surface area contributed by atoms with Crippen LogP contribution in [-0.2, 0) is 26.2 Å². The summed E-state index contributed by atoms with van der Waals surface area (Å²) in [4.78, 5) is 29.0. The molecule has 43 heavy (non-hydrogen) atoms. The summed E-state index contributed by atoms with van der Waals surface area (Å²) < 4.78 is 29.1. The van der Waals surface area contributed by atoms with E-state index in [0.717, 1.165) is 47.5 Å². The van der Waals surface area contributed by atoms with Gasteiger partial charge in [0.05, 0.1) is 10.6 Å². The van der Waals surface area contributed by atoms with Crippen molar-refractivity contribution in [1.29, 1.82) is 0 Å². The second-order valence-corrected chi connectivity index (χ2v) is 14.2. The third-order valence-corrected chi connectivity index (χ3v) is 10.6. The third kappa shape index (κ3) is 8.24. The largest absolute Gasteiger partial charge is 0.352 e. The summed E-state index contributed by atoms with van der Waals surface area (Å²) in [6.07, 6.45) is 4.98. The zero-order valence-electron chi connectivity index (χ0n) is 24.4. The number of nitrogens with zero attached hydrogens (tertiary/aromatic N) is 2. The number of rotatable bonds is 10. The van der Waals surface area contributed by atoms with Gasteiger partial charge in [-0.05, 0) is 98.8 Å². The summed E-state index contributed by atoms with van der Waals surface area (Å²) in [6.45, 7) is 4.89. The van der Waals surface area contributed by atoms with Crippen LogP contribution in [0.15, 0.2) is 65.6 Å². The highest BCUT2D eigenvalue weighted by Crippen LogP contribution is 2.28.